The molecule has 2 atom stereocenters. The van der Waals surface area contributed by atoms with Crippen LogP contribution >= 0.6 is 0 Å². The third-order valence-electron chi connectivity index (χ3n) is 5.90. The quantitative estimate of drug-likeness (QED) is 0.669. The fourth-order valence-electron chi connectivity index (χ4n) is 4.34. The molecule has 0 spiro atoms. The van der Waals surface area contributed by atoms with Gasteiger partial charge in [0.15, 0.2) is 11.6 Å². The van der Waals surface area contributed by atoms with Crippen LogP contribution in [0.5, 0.6) is 5.75 Å². The number of nitrogens with one attached hydrogen (secondary N) is 1. The maximum absolute atomic E-state index is 14.1. The van der Waals surface area contributed by atoms with Gasteiger partial charge in [-0.2, -0.15) is 0 Å². The number of halogens is 2. The maximum Gasteiger partial charge on any atom is 0.256 e. The fraction of sp³-hybridized carbons (Fsp3) is 0.348. The summed E-state index contributed by atoms with van der Waals surface area (Å²) in [4.78, 5) is 17.5. The van der Waals surface area contributed by atoms with Crippen molar-refractivity contribution in [1.82, 2.24) is 9.88 Å². The van der Waals surface area contributed by atoms with Gasteiger partial charge in [0.2, 0.25) is 0 Å². The molecule has 3 aromatic rings. The summed E-state index contributed by atoms with van der Waals surface area (Å²) in [6.45, 7) is 5.45. The standard InChI is InChI=1S/C23H24F2N2O3/c1-4-27(13(2)14-5-7-15(29-3)8-6-14)21-12-30-11-20-22(21)16-9-18(24)19(25)10-17(16)23(28)26-20/h5-10,13,21H,4,11-12H2,1-3H3,(H,26,28)/t13-,21-/m1/s1. The van der Waals surface area contributed by atoms with Crippen molar-refractivity contribution in [3.63, 3.8) is 0 Å². The molecule has 0 amide bonds. The summed E-state index contributed by atoms with van der Waals surface area (Å²) in [6.07, 6.45) is 0. The number of pyridine rings is 1. The van der Waals surface area contributed by atoms with Crippen LogP contribution in [-0.4, -0.2) is 30.1 Å². The predicted octanol–water partition coefficient (Wildman–Crippen LogP) is 4.47. The molecule has 0 saturated carbocycles. The Morgan fingerprint density at radius 3 is 2.50 bits per heavy atom. The smallest absolute Gasteiger partial charge is 0.256 e. The molecule has 2 heterocycles. The number of ether oxygens (including phenoxy) is 2. The van der Waals surface area contributed by atoms with E-state index < -0.39 is 17.2 Å². The lowest BCUT2D eigenvalue weighted by molar-refractivity contribution is 0.0173. The van der Waals surface area contributed by atoms with Crippen molar-refractivity contribution in [1.29, 1.82) is 0 Å². The largest absolute Gasteiger partial charge is 0.497 e. The maximum atomic E-state index is 14.1. The summed E-state index contributed by atoms with van der Waals surface area (Å²) in [6, 6.07) is 9.75. The average molecular weight is 414 g/mol. The number of hydrogen-bond acceptors (Lipinski definition) is 4. The van der Waals surface area contributed by atoms with E-state index in [0.717, 1.165) is 29.0 Å². The Hall–Kier alpha value is -2.77. The molecular formula is C23H24F2N2O3. The lowest BCUT2D eigenvalue weighted by Crippen LogP contribution is -2.37. The van der Waals surface area contributed by atoms with Crippen LogP contribution in [0, 0.1) is 11.6 Å². The van der Waals surface area contributed by atoms with Gasteiger partial charge in [-0.15, -0.1) is 0 Å². The van der Waals surface area contributed by atoms with Crippen molar-refractivity contribution >= 4 is 10.8 Å². The molecule has 0 aliphatic carbocycles. The highest BCUT2D eigenvalue weighted by atomic mass is 19.2. The fourth-order valence-corrected chi connectivity index (χ4v) is 4.34. The highest BCUT2D eigenvalue weighted by molar-refractivity contribution is 5.86. The van der Waals surface area contributed by atoms with E-state index in [1.165, 1.54) is 0 Å². The van der Waals surface area contributed by atoms with Crippen LogP contribution in [0.25, 0.3) is 10.8 Å². The highest BCUT2D eigenvalue weighted by Gasteiger charge is 2.32. The molecule has 0 radical (unpaired) electrons. The summed E-state index contributed by atoms with van der Waals surface area (Å²) < 4.78 is 38.9. The van der Waals surface area contributed by atoms with E-state index in [0.29, 0.717) is 24.2 Å². The Bertz CT molecular complexity index is 1130. The van der Waals surface area contributed by atoms with Gasteiger partial charge in [0, 0.05) is 17.3 Å². The van der Waals surface area contributed by atoms with E-state index in [1.807, 2.05) is 31.2 Å². The Labute approximate surface area is 173 Å². The zero-order valence-corrected chi connectivity index (χ0v) is 17.2. The van der Waals surface area contributed by atoms with Crippen molar-refractivity contribution in [3.05, 3.63) is 75.2 Å². The normalized spacial score (nSPS) is 17.2. The second kappa shape index (κ2) is 8.16. The first-order valence-electron chi connectivity index (χ1n) is 9.95. The number of aromatic amines is 1. The number of likely N-dealkylation sites (N-methyl/N-ethyl adjacent to an activating group) is 1. The SMILES string of the molecule is CCN([C@H](C)c1ccc(OC)cc1)[C@@H]1COCc2[nH]c(=O)c3cc(F)c(F)cc3c21. The lowest BCUT2D eigenvalue weighted by Gasteiger charge is -2.39. The summed E-state index contributed by atoms with van der Waals surface area (Å²) >= 11 is 0. The van der Waals surface area contributed by atoms with Crippen LogP contribution in [0.4, 0.5) is 8.78 Å². The number of fused-ring (bicyclic) bond motifs is 3. The molecule has 2 aromatic carbocycles. The van der Waals surface area contributed by atoms with Crippen LogP contribution in [0.15, 0.2) is 41.2 Å². The Balaban J connectivity index is 1.83. The van der Waals surface area contributed by atoms with E-state index in [9.17, 15) is 13.6 Å². The molecule has 0 unspecified atom stereocenters. The summed E-state index contributed by atoms with van der Waals surface area (Å²) in [5.74, 6) is -1.22. The number of nitrogens with zero attached hydrogens (tertiary/aromatic N) is 1. The zero-order valence-electron chi connectivity index (χ0n) is 17.2. The molecule has 30 heavy (non-hydrogen) atoms. The molecule has 0 fully saturated rings. The van der Waals surface area contributed by atoms with Crippen molar-refractivity contribution in [2.45, 2.75) is 32.5 Å². The molecule has 7 heteroatoms. The monoisotopic (exact) mass is 414 g/mol. The first-order chi connectivity index (χ1) is 14.4. The summed E-state index contributed by atoms with van der Waals surface area (Å²) in [7, 11) is 1.63. The third kappa shape index (κ3) is 3.48. The van der Waals surface area contributed by atoms with Crippen molar-refractivity contribution < 1.29 is 18.3 Å². The number of hydrogen-bond donors (Lipinski definition) is 1. The number of aromatic nitrogens is 1. The van der Waals surface area contributed by atoms with Crippen LogP contribution in [0.3, 0.4) is 0 Å². The Morgan fingerprint density at radius 1 is 1.20 bits per heavy atom. The molecule has 1 aliphatic heterocycles. The van der Waals surface area contributed by atoms with Gasteiger partial charge in [0.05, 0.1) is 31.8 Å². The highest BCUT2D eigenvalue weighted by Crippen LogP contribution is 2.38. The van der Waals surface area contributed by atoms with E-state index in [2.05, 4.69) is 16.8 Å². The molecule has 1 N–H and O–H groups in total. The van der Waals surface area contributed by atoms with Gasteiger partial charge in [-0.1, -0.05) is 19.1 Å². The minimum absolute atomic E-state index is 0.0210. The molecule has 0 bridgehead atoms. The van der Waals surface area contributed by atoms with Gasteiger partial charge >= 0.3 is 0 Å². The van der Waals surface area contributed by atoms with E-state index in [-0.39, 0.29) is 24.1 Å². The number of benzene rings is 2. The molecule has 1 aromatic heterocycles. The van der Waals surface area contributed by atoms with Crippen molar-refractivity contribution in [3.8, 4) is 5.75 Å². The average Bonchev–Trinajstić information content (AvgIpc) is 2.75. The van der Waals surface area contributed by atoms with Crippen LogP contribution in [0.2, 0.25) is 0 Å². The van der Waals surface area contributed by atoms with E-state index in [4.69, 9.17) is 9.47 Å². The number of H-pyrrole nitrogens is 1. The molecule has 158 valence electrons. The molecular weight excluding hydrogens is 390 g/mol. The minimum atomic E-state index is -1.03. The molecule has 4 rings (SSSR count). The number of rotatable bonds is 5. The molecule has 1 aliphatic rings. The topological polar surface area (TPSA) is 54.6 Å². The lowest BCUT2D eigenvalue weighted by atomic mass is 9.93. The first-order valence-corrected chi connectivity index (χ1v) is 9.95. The van der Waals surface area contributed by atoms with Crippen molar-refractivity contribution in [2.24, 2.45) is 0 Å². The second-order valence-electron chi connectivity index (χ2n) is 7.47. The summed E-state index contributed by atoms with van der Waals surface area (Å²) in [5.41, 5.74) is 2.04. The van der Waals surface area contributed by atoms with Crippen molar-refractivity contribution in [2.75, 3.05) is 20.3 Å². The summed E-state index contributed by atoms with van der Waals surface area (Å²) in [5, 5.41) is 0.578. The third-order valence-corrected chi connectivity index (χ3v) is 5.90. The van der Waals surface area contributed by atoms with Gasteiger partial charge in [0.1, 0.15) is 5.75 Å². The van der Waals surface area contributed by atoms with E-state index >= 15 is 0 Å². The van der Waals surface area contributed by atoms with Crippen LogP contribution in [0.1, 0.15) is 42.8 Å². The van der Waals surface area contributed by atoms with Crippen LogP contribution < -0.4 is 10.3 Å². The van der Waals surface area contributed by atoms with Gasteiger partial charge in [0.25, 0.3) is 5.56 Å². The van der Waals surface area contributed by atoms with Gasteiger partial charge in [-0.3, -0.25) is 9.69 Å². The predicted molar refractivity (Wildman–Crippen MR) is 111 cm³/mol. The second-order valence-corrected chi connectivity index (χ2v) is 7.47. The van der Waals surface area contributed by atoms with E-state index in [1.54, 1.807) is 7.11 Å². The van der Waals surface area contributed by atoms with Gasteiger partial charge in [-0.05, 0) is 48.7 Å². The number of methoxy groups -OCH3 is 1. The Kier molecular flexibility index (Phi) is 5.58. The minimum Gasteiger partial charge on any atom is -0.497 e. The Morgan fingerprint density at radius 2 is 1.87 bits per heavy atom. The molecule has 5 nitrogen and oxygen atoms in total. The van der Waals surface area contributed by atoms with Gasteiger partial charge < -0.3 is 14.5 Å². The molecule has 0 saturated heterocycles. The zero-order chi connectivity index (χ0) is 21.4. The van der Waals surface area contributed by atoms with Gasteiger partial charge in [-0.25, -0.2) is 8.78 Å². The van der Waals surface area contributed by atoms with Crippen LogP contribution in [-0.2, 0) is 11.3 Å². The first kappa shape index (κ1) is 20.5.